The first-order valence-corrected chi connectivity index (χ1v) is 12.1. The highest BCUT2D eigenvalue weighted by atomic mass is 35.5. The maximum atomic E-state index is 13.4. The number of halogens is 5. The number of aliphatic carboxylic acids is 1. The lowest BCUT2D eigenvalue weighted by atomic mass is 10.1. The summed E-state index contributed by atoms with van der Waals surface area (Å²) in [5, 5.41) is 8.64. The minimum atomic E-state index is -4.54. The van der Waals surface area contributed by atoms with E-state index in [0.717, 1.165) is 17.7 Å². The maximum absolute atomic E-state index is 13.4. The molecule has 1 aliphatic rings. The lowest BCUT2D eigenvalue weighted by Gasteiger charge is -2.28. The van der Waals surface area contributed by atoms with Gasteiger partial charge in [0.15, 0.2) is 0 Å². The summed E-state index contributed by atoms with van der Waals surface area (Å²) in [6.07, 6.45) is 2.52. The van der Waals surface area contributed by atoms with Gasteiger partial charge in [-0.25, -0.2) is 4.79 Å². The van der Waals surface area contributed by atoms with E-state index in [0.29, 0.717) is 49.4 Å². The number of carboxylic acids is 1. The van der Waals surface area contributed by atoms with E-state index in [1.165, 1.54) is 6.07 Å². The van der Waals surface area contributed by atoms with Crippen LogP contribution >= 0.6 is 24.0 Å². The number of carboxylic acid groups (broad SMARTS) is 1. The Morgan fingerprint density at radius 2 is 1.92 bits per heavy atom. The molecule has 206 valence electrons. The Kier molecular flexibility index (Phi) is 12.4. The van der Waals surface area contributed by atoms with Crippen LogP contribution in [0.1, 0.15) is 35.6 Å². The number of allylic oxidation sites excluding steroid dienone is 4. The number of nitrogens with zero attached hydrogens (tertiary/aromatic N) is 1. The van der Waals surface area contributed by atoms with Crippen LogP contribution in [0.4, 0.5) is 13.2 Å². The molecule has 0 radical (unpaired) electrons. The number of hydrogen-bond donors (Lipinski definition) is 1. The summed E-state index contributed by atoms with van der Waals surface area (Å²) in [7, 11) is 1.60. The molecule has 0 aliphatic heterocycles. The number of hydrogen-bond acceptors (Lipinski definition) is 4. The fourth-order valence-electron chi connectivity index (χ4n) is 4.06. The molecule has 10 heteroatoms. The molecule has 1 aliphatic carbocycles. The lowest BCUT2D eigenvalue weighted by Crippen LogP contribution is -2.31. The van der Waals surface area contributed by atoms with Crippen LogP contribution in [0.2, 0.25) is 5.02 Å². The Labute approximate surface area is 231 Å². The molecule has 0 unspecified atom stereocenters. The topological polar surface area (TPSA) is 59.0 Å². The predicted molar refractivity (Wildman–Crippen MR) is 143 cm³/mol. The van der Waals surface area contributed by atoms with Crippen LogP contribution in [0.25, 0.3) is 0 Å². The van der Waals surface area contributed by atoms with Crippen molar-refractivity contribution in [3.8, 4) is 0 Å². The third-order valence-corrected chi connectivity index (χ3v) is 6.29. The highest BCUT2D eigenvalue weighted by molar-refractivity contribution is 6.32. The third kappa shape index (κ3) is 9.51. The van der Waals surface area contributed by atoms with Gasteiger partial charge < -0.3 is 14.6 Å². The second-order valence-corrected chi connectivity index (χ2v) is 8.95. The monoisotopic (exact) mass is 571 g/mol. The summed E-state index contributed by atoms with van der Waals surface area (Å²) in [5.41, 5.74) is 1.11. The zero-order valence-corrected chi connectivity index (χ0v) is 22.4. The van der Waals surface area contributed by atoms with Gasteiger partial charge in [0.05, 0.1) is 23.3 Å². The second-order valence-electron chi connectivity index (χ2n) is 8.57. The van der Waals surface area contributed by atoms with Gasteiger partial charge in [-0.05, 0) is 35.3 Å². The van der Waals surface area contributed by atoms with Gasteiger partial charge in [-0.2, -0.15) is 13.2 Å². The van der Waals surface area contributed by atoms with Gasteiger partial charge in [-0.15, -0.1) is 12.4 Å². The molecule has 0 spiro atoms. The van der Waals surface area contributed by atoms with Crippen LogP contribution in [0, 0.1) is 0 Å². The molecule has 2 aromatic carbocycles. The van der Waals surface area contributed by atoms with E-state index in [2.05, 4.69) is 0 Å². The summed E-state index contributed by atoms with van der Waals surface area (Å²) < 4.78 is 51.7. The quantitative estimate of drug-likeness (QED) is 0.215. The van der Waals surface area contributed by atoms with Crippen LogP contribution in [-0.4, -0.2) is 42.8 Å². The van der Waals surface area contributed by atoms with E-state index >= 15 is 0 Å². The maximum Gasteiger partial charge on any atom is 0.417 e. The first kappa shape index (κ1) is 31.4. The molecule has 0 saturated carbocycles. The van der Waals surface area contributed by atoms with Gasteiger partial charge in [-0.3, -0.25) is 4.90 Å². The Balaban J connectivity index is 0.00000507. The fraction of sp³-hybridized carbons (Fsp3) is 0.321. The molecule has 0 amide bonds. The molecule has 5 nitrogen and oxygen atoms in total. The van der Waals surface area contributed by atoms with Crippen molar-refractivity contribution in [3.63, 3.8) is 0 Å². The van der Waals surface area contributed by atoms with E-state index in [4.69, 9.17) is 26.2 Å². The van der Waals surface area contributed by atoms with Gasteiger partial charge in [-0.1, -0.05) is 66.2 Å². The molecule has 1 atom stereocenters. The highest BCUT2D eigenvalue weighted by Gasteiger charge is 2.34. The van der Waals surface area contributed by atoms with Gasteiger partial charge in [0.2, 0.25) is 0 Å². The van der Waals surface area contributed by atoms with Crippen molar-refractivity contribution in [2.75, 3.05) is 26.8 Å². The van der Waals surface area contributed by atoms with Crippen molar-refractivity contribution in [1.82, 2.24) is 4.90 Å². The number of rotatable bonds is 12. The first-order chi connectivity index (χ1) is 17.7. The number of ether oxygens (including phenoxy) is 2. The Hall–Kier alpha value is -2.78. The molecular weight excluding hydrogens is 542 g/mol. The van der Waals surface area contributed by atoms with Crippen molar-refractivity contribution < 1.29 is 32.5 Å². The minimum Gasteiger partial charge on any atom is -0.498 e. The van der Waals surface area contributed by atoms with Crippen LogP contribution in [0.15, 0.2) is 84.2 Å². The molecule has 3 rings (SSSR count). The van der Waals surface area contributed by atoms with Crippen LogP contribution in [0.5, 0.6) is 0 Å². The summed E-state index contributed by atoms with van der Waals surface area (Å²) in [4.78, 5) is 12.9. The van der Waals surface area contributed by atoms with Crippen LogP contribution in [-0.2, 0) is 27.0 Å². The van der Waals surface area contributed by atoms with Crippen molar-refractivity contribution in [1.29, 1.82) is 0 Å². The number of benzene rings is 2. The number of carbonyl (C=O) groups is 1. The van der Waals surface area contributed by atoms with Crippen molar-refractivity contribution in [2.45, 2.75) is 31.7 Å². The van der Waals surface area contributed by atoms with Crippen LogP contribution in [0.3, 0.4) is 0 Å². The SMILES string of the molecule is CO[C@H](CN(CCCOC1=CC=CC(=CC(=O)O)C1)Cc1cccc(C(F)(F)F)c1Cl)c1ccccc1.Cl. The largest absolute Gasteiger partial charge is 0.498 e. The second kappa shape index (κ2) is 15.0. The summed E-state index contributed by atoms with van der Waals surface area (Å²) in [6, 6.07) is 13.5. The molecule has 1 N–H and O–H groups in total. The predicted octanol–water partition coefficient (Wildman–Crippen LogP) is 7.23. The molecule has 0 heterocycles. The molecule has 0 aromatic heterocycles. The Morgan fingerprint density at radius 3 is 2.58 bits per heavy atom. The Bertz CT molecular complexity index is 1150. The van der Waals surface area contributed by atoms with E-state index < -0.39 is 17.7 Å². The third-order valence-electron chi connectivity index (χ3n) is 5.84. The molecular formula is C28H30Cl2F3NO4. The molecule has 38 heavy (non-hydrogen) atoms. The first-order valence-electron chi connectivity index (χ1n) is 11.8. The van der Waals surface area contributed by atoms with Gasteiger partial charge in [0.1, 0.15) is 5.76 Å². The molecule has 0 fully saturated rings. The van der Waals surface area contributed by atoms with Gasteiger partial charge >= 0.3 is 12.1 Å². The summed E-state index contributed by atoms with van der Waals surface area (Å²) >= 11 is 6.17. The minimum absolute atomic E-state index is 0. The van der Waals surface area contributed by atoms with E-state index in [-0.39, 0.29) is 30.1 Å². The highest BCUT2D eigenvalue weighted by Crippen LogP contribution is 2.36. The van der Waals surface area contributed by atoms with Gasteiger partial charge in [0, 0.05) is 39.2 Å². The Morgan fingerprint density at radius 1 is 1.18 bits per heavy atom. The van der Waals surface area contributed by atoms with Gasteiger partial charge in [0.25, 0.3) is 0 Å². The average molecular weight is 572 g/mol. The average Bonchev–Trinajstić information content (AvgIpc) is 2.85. The molecule has 2 aromatic rings. The normalized spacial score (nSPS) is 15.2. The van der Waals surface area contributed by atoms with E-state index in [9.17, 15) is 18.0 Å². The van der Waals surface area contributed by atoms with Crippen molar-refractivity contribution in [3.05, 3.63) is 106 Å². The number of methoxy groups -OCH3 is 1. The van der Waals surface area contributed by atoms with Crippen molar-refractivity contribution >= 4 is 30.0 Å². The lowest BCUT2D eigenvalue weighted by molar-refractivity contribution is -0.137. The zero-order chi connectivity index (χ0) is 26.8. The van der Waals surface area contributed by atoms with Crippen molar-refractivity contribution in [2.24, 2.45) is 0 Å². The summed E-state index contributed by atoms with van der Waals surface area (Å²) in [6.45, 7) is 1.51. The fourth-order valence-corrected chi connectivity index (χ4v) is 4.35. The standard InChI is InChI=1S/C28H29ClF3NO4.ClH/c1-36-25(21-9-3-2-4-10-21)19-33(18-22-11-6-13-24(27(22)29)28(30,31)32)14-7-15-37-23-12-5-8-20(16-23)17-26(34)35;/h2-6,8-13,17,25H,7,14-16,18-19H2,1H3,(H,34,35);1H/t25-;/m1./s1. The summed E-state index contributed by atoms with van der Waals surface area (Å²) in [5.74, 6) is -0.363. The van der Waals surface area contributed by atoms with E-state index in [1.807, 2.05) is 35.2 Å². The van der Waals surface area contributed by atoms with E-state index in [1.54, 1.807) is 31.4 Å². The number of alkyl halides is 3. The zero-order valence-electron chi connectivity index (χ0n) is 20.8. The smallest absolute Gasteiger partial charge is 0.417 e. The molecule has 0 bridgehead atoms. The molecule has 0 saturated heterocycles. The van der Waals surface area contributed by atoms with Crippen LogP contribution < -0.4 is 0 Å².